The number of hydrogen-bond acceptors (Lipinski definition) is 1. The molecule has 1 aromatic rings. The Kier molecular flexibility index (Phi) is 3.97. The van der Waals surface area contributed by atoms with E-state index in [1.807, 2.05) is 0 Å². The van der Waals surface area contributed by atoms with E-state index in [0.717, 1.165) is 19.3 Å². The van der Waals surface area contributed by atoms with Crippen LogP contribution in [0.1, 0.15) is 29.5 Å². The van der Waals surface area contributed by atoms with Crippen molar-refractivity contribution in [3.63, 3.8) is 0 Å². The summed E-state index contributed by atoms with van der Waals surface area (Å²) in [6.45, 7) is 4.57. The zero-order valence-corrected chi connectivity index (χ0v) is 8.51. The molecule has 1 aromatic carbocycles. The summed E-state index contributed by atoms with van der Waals surface area (Å²) < 4.78 is 0. The van der Waals surface area contributed by atoms with E-state index in [1.54, 1.807) is 0 Å². The van der Waals surface area contributed by atoms with Gasteiger partial charge in [0.25, 0.3) is 0 Å². The molecule has 0 bridgehead atoms. The van der Waals surface area contributed by atoms with Crippen LogP contribution in [0.2, 0.25) is 0 Å². The van der Waals surface area contributed by atoms with Crippen molar-refractivity contribution in [2.45, 2.75) is 33.1 Å². The standard InChI is InChI=1S/C12H18O/c1-10-7-11(2)9-12(8-10)5-3-4-6-13/h7-9,13H,3-6H2,1-2H3. The molecule has 0 saturated heterocycles. The summed E-state index contributed by atoms with van der Waals surface area (Å²) >= 11 is 0. The molecule has 0 aromatic heterocycles. The number of unbranched alkanes of at least 4 members (excludes halogenated alkanes) is 1. The largest absolute Gasteiger partial charge is 0.396 e. The normalized spacial score (nSPS) is 10.4. The highest BCUT2D eigenvalue weighted by atomic mass is 16.2. The first kappa shape index (κ1) is 10.3. The zero-order valence-electron chi connectivity index (χ0n) is 8.51. The van der Waals surface area contributed by atoms with Crippen LogP contribution in [0.15, 0.2) is 18.2 Å². The van der Waals surface area contributed by atoms with Crippen LogP contribution in [0.3, 0.4) is 0 Å². The summed E-state index contributed by atoms with van der Waals surface area (Å²) in [5, 5.41) is 8.65. The van der Waals surface area contributed by atoms with E-state index >= 15 is 0 Å². The fourth-order valence-corrected chi connectivity index (χ4v) is 1.65. The first-order chi connectivity index (χ1) is 6.22. The van der Waals surface area contributed by atoms with Gasteiger partial charge in [0.15, 0.2) is 0 Å². The Morgan fingerprint density at radius 1 is 1.00 bits per heavy atom. The van der Waals surface area contributed by atoms with Crippen molar-refractivity contribution in [3.05, 3.63) is 34.9 Å². The summed E-state index contributed by atoms with van der Waals surface area (Å²) in [4.78, 5) is 0. The SMILES string of the molecule is Cc1cc(C)cc(CCCCO)c1. The van der Waals surface area contributed by atoms with E-state index in [-0.39, 0.29) is 0 Å². The maximum atomic E-state index is 8.65. The smallest absolute Gasteiger partial charge is 0.0431 e. The van der Waals surface area contributed by atoms with Crippen LogP contribution in [-0.2, 0) is 6.42 Å². The predicted octanol–water partition coefficient (Wildman–Crippen LogP) is 2.62. The minimum Gasteiger partial charge on any atom is -0.396 e. The lowest BCUT2D eigenvalue weighted by molar-refractivity contribution is 0.284. The van der Waals surface area contributed by atoms with E-state index in [9.17, 15) is 0 Å². The van der Waals surface area contributed by atoms with Crippen LogP contribution < -0.4 is 0 Å². The molecule has 0 aliphatic carbocycles. The molecule has 0 heterocycles. The molecule has 1 heteroatoms. The predicted molar refractivity (Wildman–Crippen MR) is 55.9 cm³/mol. The van der Waals surface area contributed by atoms with Gasteiger partial charge in [-0.1, -0.05) is 29.3 Å². The minimum absolute atomic E-state index is 0.310. The van der Waals surface area contributed by atoms with Gasteiger partial charge < -0.3 is 5.11 Å². The van der Waals surface area contributed by atoms with E-state index in [1.165, 1.54) is 16.7 Å². The third-order valence-corrected chi connectivity index (χ3v) is 2.16. The number of aliphatic hydroxyl groups excluding tert-OH is 1. The number of aryl methyl sites for hydroxylation is 3. The number of aliphatic hydroxyl groups is 1. The maximum Gasteiger partial charge on any atom is 0.0431 e. The van der Waals surface area contributed by atoms with Crippen molar-refractivity contribution in [1.82, 2.24) is 0 Å². The summed E-state index contributed by atoms with van der Waals surface area (Å²) in [6, 6.07) is 6.64. The number of benzene rings is 1. The second-order valence-corrected chi connectivity index (χ2v) is 3.68. The molecular weight excluding hydrogens is 160 g/mol. The molecule has 1 rings (SSSR count). The Hall–Kier alpha value is -0.820. The maximum absolute atomic E-state index is 8.65. The molecule has 0 saturated carbocycles. The molecule has 0 unspecified atom stereocenters. The molecule has 0 atom stereocenters. The fourth-order valence-electron chi connectivity index (χ4n) is 1.65. The van der Waals surface area contributed by atoms with Crippen molar-refractivity contribution < 1.29 is 5.11 Å². The Morgan fingerprint density at radius 2 is 1.62 bits per heavy atom. The highest BCUT2D eigenvalue weighted by molar-refractivity contribution is 5.28. The van der Waals surface area contributed by atoms with E-state index in [0.29, 0.717) is 6.61 Å². The van der Waals surface area contributed by atoms with Crippen LogP contribution in [0.25, 0.3) is 0 Å². The van der Waals surface area contributed by atoms with Gasteiger partial charge in [-0.3, -0.25) is 0 Å². The first-order valence-corrected chi connectivity index (χ1v) is 4.90. The van der Waals surface area contributed by atoms with Gasteiger partial charge in [0, 0.05) is 6.61 Å². The summed E-state index contributed by atoms with van der Waals surface area (Å²) in [6.07, 6.45) is 3.08. The highest BCUT2D eigenvalue weighted by Gasteiger charge is 1.95. The van der Waals surface area contributed by atoms with Gasteiger partial charge in [0.2, 0.25) is 0 Å². The topological polar surface area (TPSA) is 20.2 Å². The van der Waals surface area contributed by atoms with Crippen LogP contribution in [0.4, 0.5) is 0 Å². The molecule has 0 spiro atoms. The molecule has 1 nitrogen and oxygen atoms in total. The zero-order chi connectivity index (χ0) is 9.68. The first-order valence-electron chi connectivity index (χ1n) is 4.90. The van der Waals surface area contributed by atoms with E-state index < -0.39 is 0 Å². The van der Waals surface area contributed by atoms with E-state index in [4.69, 9.17) is 5.11 Å². The Morgan fingerprint density at radius 3 is 2.15 bits per heavy atom. The minimum atomic E-state index is 0.310. The van der Waals surface area contributed by atoms with Crippen molar-refractivity contribution in [2.24, 2.45) is 0 Å². The quantitative estimate of drug-likeness (QED) is 0.703. The number of hydrogen-bond donors (Lipinski definition) is 1. The van der Waals surface area contributed by atoms with Crippen molar-refractivity contribution in [1.29, 1.82) is 0 Å². The van der Waals surface area contributed by atoms with Gasteiger partial charge >= 0.3 is 0 Å². The average molecular weight is 178 g/mol. The molecule has 0 aliphatic rings. The van der Waals surface area contributed by atoms with Crippen LogP contribution in [0, 0.1) is 13.8 Å². The lowest BCUT2D eigenvalue weighted by Crippen LogP contribution is -1.90. The van der Waals surface area contributed by atoms with Gasteiger partial charge in [0.05, 0.1) is 0 Å². The Bertz CT molecular complexity index is 246. The highest BCUT2D eigenvalue weighted by Crippen LogP contribution is 2.11. The molecule has 1 N–H and O–H groups in total. The summed E-state index contributed by atoms with van der Waals surface area (Å²) in [7, 11) is 0. The molecular formula is C12H18O. The second-order valence-electron chi connectivity index (χ2n) is 3.68. The van der Waals surface area contributed by atoms with Gasteiger partial charge in [0.1, 0.15) is 0 Å². The molecule has 13 heavy (non-hydrogen) atoms. The molecule has 0 radical (unpaired) electrons. The molecule has 0 fully saturated rings. The summed E-state index contributed by atoms with van der Waals surface area (Å²) in [5.74, 6) is 0. The molecule has 0 amide bonds. The van der Waals surface area contributed by atoms with Crippen molar-refractivity contribution in [3.8, 4) is 0 Å². The van der Waals surface area contributed by atoms with Crippen molar-refractivity contribution in [2.75, 3.05) is 6.61 Å². The summed E-state index contributed by atoms with van der Waals surface area (Å²) in [5.41, 5.74) is 4.06. The second kappa shape index (κ2) is 5.03. The van der Waals surface area contributed by atoms with E-state index in [2.05, 4.69) is 32.0 Å². The molecule has 0 aliphatic heterocycles. The van der Waals surface area contributed by atoms with Crippen LogP contribution in [0.5, 0.6) is 0 Å². The van der Waals surface area contributed by atoms with Crippen LogP contribution >= 0.6 is 0 Å². The van der Waals surface area contributed by atoms with Gasteiger partial charge in [-0.05, 0) is 38.7 Å². The van der Waals surface area contributed by atoms with Crippen molar-refractivity contribution >= 4 is 0 Å². The lowest BCUT2D eigenvalue weighted by atomic mass is 10.0. The van der Waals surface area contributed by atoms with Gasteiger partial charge in [-0.2, -0.15) is 0 Å². The monoisotopic (exact) mass is 178 g/mol. The third-order valence-electron chi connectivity index (χ3n) is 2.16. The molecule has 72 valence electrons. The average Bonchev–Trinajstić information content (AvgIpc) is 2.03. The third kappa shape index (κ3) is 3.60. The van der Waals surface area contributed by atoms with Gasteiger partial charge in [-0.15, -0.1) is 0 Å². The lowest BCUT2D eigenvalue weighted by Gasteiger charge is -2.03. The Balaban J connectivity index is 2.56. The van der Waals surface area contributed by atoms with Gasteiger partial charge in [-0.25, -0.2) is 0 Å². The number of rotatable bonds is 4. The Labute approximate surface area is 80.4 Å². The van der Waals surface area contributed by atoms with Crippen LogP contribution in [-0.4, -0.2) is 11.7 Å². The fraction of sp³-hybridized carbons (Fsp3) is 0.500.